The molecular formula is C15H18FN3O. The molecule has 5 heteroatoms. The SMILES string of the molecule is CCCn1nc(-c2ccc(F)cc2)cc(C(C)N)c1=O. The number of hydrogen-bond acceptors (Lipinski definition) is 3. The van der Waals surface area contributed by atoms with Crippen LogP contribution < -0.4 is 11.3 Å². The Morgan fingerprint density at radius 2 is 2.00 bits per heavy atom. The highest BCUT2D eigenvalue weighted by molar-refractivity contribution is 5.59. The van der Waals surface area contributed by atoms with Gasteiger partial charge < -0.3 is 5.73 Å². The minimum absolute atomic E-state index is 0.160. The molecule has 0 aliphatic carbocycles. The number of aryl methyl sites for hydroxylation is 1. The maximum atomic E-state index is 13.0. The summed E-state index contributed by atoms with van der Waals surface area (Å²) in [5.41, 5.74) is 7.60. The predicted molar refractivity (Wildman–Crippen MR) is 76.8 cm³/mol. The van der Waals surface area contributed by atoms with E-state index < -0.39 is 0 Å². The van der Waals surface area contributed by atoms with E-state index in [9.17, 15) is 9.18 Å². The van der Waals surface area contributed by atoms with Crippen molar-refractivity contribution in [1.82, 2.24) is 9.78 Å². The van der Waals surface area contributed by atoms with E-state index in [-0.39, 0.29) is 17.4 Å². The molecule has 0 aliphatic heterocycles. The van der Waals surface area contributed by atoms with Gasteiger partial charge >= 0.3 is 0 Å². The largest absolute Gasteiger partial charge is 0.324 e. The maximum absolute atomic E-state index is 13.0. The first-order valence-corrected chi connectivity index (χ1v) is 6.66. The Labute approximate surface area is 117 Å². The highest BCUT2D eigenvalue weighted by Gasteiger charge is 2.12. The second-order valence-electron chi connectivity index (χ2n) is 4.81. The van der Waals surface area contributed by atoms with E-state index in [1.54, 1.807) is 25.1 Å². The third-order valence-electron chi connectivity index (χ3n) is 3.07. The van der Waals surface area contributed by atoms with Gasteiger partial charge in [0.15, 0.2) is 0 Å². The Morgan fingerprint density at radius 3 is 2.55 bits per heavy atom. The number of aromatic nitrogens is 2. The molecular weight excluding hydrogens is 257 g/mol. The molecule has 2 aromatic rings. The molecule has 0 saturated carbocycles. The minimum Gasteiger partial charge on any atom is -0.324 e. The summed E-state index contributed by atoms with van der Waals surface area (Å²) < 4.78 is 14.4. The van der Waals surface area contributed by atoms with Crippen molar-refractivity contribution in [3.05, 3.63) is 52.1 Å². The van der Waals surface area contributed by atoms with Gasteiger partial charge in [0.25, 0.3) is 5.56 Å². The lowest BCUT2D eigenvalue weighted by Crippen LogP contribution is -2.29. The molecule has 2 rings (SSSR count). The summed E-state index contributed by atoms with van der Waals surface area (Å²) in [7, 11) is 0. The van der Waals surface area contributed by atoms with E-state index in [0.717, 1.165) is 12.0 Å². The molecule has 2 N–H and O–H groups in total. The Bertz CT molecular complexity index is 647. The zero-order valence-electron chi connectivity index (χ0n) is 11.6. The van der Waals surface area contributed by atoms with E-state index in [4.69, 9.17) is 5.73 Å². The second-order valence-corrected chi connectivity index (χ2v) is 4.81. The molecule has 1 aromatic heterocycles. The van der Waals surface area contributed by atoms with E-state index in [1.165, 1.54) is 16.8 Å². The first-order valence-electron chi connectivity index (χ1n) is 6.66. The summed E-state index contributed by atoms with van der Waals surface area (Å²) in [6.45, 7) is 4.28. The van der Waals surface area contributed by atoms with Gasteiger partial charge in [0.2, 0.25) is 0 Å². The van der Waals surface area contributed by atoms with Crippen LogP contribution in [0.3, 0.4) is 0 Å². The molecule has 0 radical (unpaired) electrons. The van der Waals surface area contributed by atoms with Crippen LogP contribution in [0.4, 0.5) is 4.39 Å². The Hall–Kier alpha value is -2.01. The minimum atomic E-state index is -0.368. The molecule has 1 atom stereocenters. The topological polar surface area (TPSA) is 60.9 Å². The molecule has 0 spiro atoms. The van der Waals surface area contributed by atoms with Crippen molar-refractivity contribution in [3.63, 3.8) is 0 Å². The lowest BCUT2D eigenvalue weighted by molar-refractivity contribution is 0.558. The van der Waals surface area contributed by atoms with Crippen LogP contribution in [-0.2, 0) is 6.54 Å². The van der Waals surface area contributed by atoms with Crippen molar-refractivity contribution < 1.29 is 4.39 Å². The monoisotopic (exact) mass is 275 g/mol. The molecule has 0 bridgehead atoms. The van der Waals surface area contributed by atoms with Gasteiger partial charge in [0.05, 0.1) is 5.69 Å². The van der Waals surface area contributed by atoms with Crippen molar-refractivity contribution in [1.29, 1.82) is 0 Å². The van der Waals surface area contributed by atoms with Gasteiger partial charge in [-0.05, 0) is 43.7 Å². The fourth-order valence-electron chi connectivity index (χ4n) is 2.01. The highest BCUT2D eigenvalue weighted by atomic mass is 19.1. The molecule has 0 amide bonds. The average molecular weight is 275 g/mol. The summed E-state index contributed by atoms with van der Waals surface area (Å²) in [6.07, 6.45) is 0.804. The normalized spacial score (nSPS) is 12.4. The highest BCUT2D eigenvalue weighted by Crippen LogP contribution is 2.18. The van der Waals surface area contributed by atoms with Gasteiger partial charge in [-0.2, -0.15) is 5.10 Å². The number of nitrogens with zero attached hydrogens (tertiary/aromatic N) is 2. The average Bonchev–Trinajstić information content (AvgIpc) is 2.42. The summed E-state index contributed by atoms with van der Waals surface area (Å²) in [5, 5.41) is 4.33. The van der Waals surface area contributed by atoms with Crippen molar-refractivity contribution in [3.8, 4) is 11.3 Å². The first-order chi connectivity index (χ1) is 9.52. The smallest absolute Gasteiger partial charge is 0.271 e. The van der Waals surface area contributed by atoms with Crippen molar-refractivity contribution in [2.45, 2.75) is 32.9 Å². The van der Waals surface area contributed by atoms with Crippen LogP contribution in [-0.4, -0.2) is 9.78 Å². The second kappa shape index (κ2) is 5.96. The quantitative estimate of drug-likeness (QED) is 0.932. The van der Waals surface area contributed by atoms with Crippen LogP contribution in [0, 0.1) is 5.82 Å². The fourth-order valence-corrected chi connectivity index (χ4v) is 2.01. The van der Waals surface area contributed by atoms with Gasteiger partial charge in [0.1, 0.15) is 5.82 Å². The van der Waals surface area contributed by atoms with Crippen LogP contribution >= 0.6 is 0 Å². The van der Waals surface area contributed by atoms with Crippen molar-refractivity contribution in [2.24, 2.45) is 5.73 Å². The molecule has 4 nitrogen and oxygen atoms in total. The zero-order chi connectivity index (χ0) is 14.7. The molecule has 0 aliphatic rings. The Balaban J connectivity index is 2.58. The first kappa shape index (κ1) is 14.4. The van der Waals surface area contributed by atoms with E-state index in [0.29, 0.717) is 17.8 Å². The lowest BCUT2D eigenvalue weighted by Gasteiger charge is -2.12. The van der Waals surface area contributed by atoms with E-state index in [2.05, 4.69) is 5.10 Å². The van der Waals surface area contributed by atoms with Gasteiger partial charge in [0, 0.05) is 23.7 Å². The van der Waals surface area contributed by atoms with Gasteiger partial charge in [-0.15, -0.1) is 0 Å². The van der Waals surface area contributed by atoms with Crippen LogP contribution in [0.15, 0.2) is 35.1 Å². The Kier molecular flexibility index (Phi) is 4.29. The molecule has 0 saturated heterocycles. The van der Waals surface area contributed by atoms with Crippen LogP contribution in [0.5, 0.6) is 0 Å². The van der Waals surface area contributed by atoms with E-state index >= 15 is 0 Å². The van der Waals surface area contributed by atoms with Crippen molar-refractivity contribution >= 4 is 0 Å². The van der Waals surface area contributed by atoms with Gasteiger partial charge in [-0.1, -0.05) is 6.92 Å². The number of rotatable bonds is 4. The summed E-state index contributed by atoms with van der Waals surface area (Å²) in [5.74, 6) is -0.303. The Morgan fingerprint density at radius 1 is 1.35 bits per heavy atom. The molecule has 20 heavy (non-hydrogen) atoms. The number of hydrogen-bond donors (Lipinski definition) is 1. The van der Waals surface area contributed by atoms with Gasteiger partial charge in [-0.25, -0.2) is 9.07 Å². The zero-order valence-corrected chi connectivity index (χ0v) is 11.6. The van der Waals surface area contributed by atoms with Crippen LogP contribution in [0.25, 0.3) is 11.3 Å². The van der Waals surface area contributed by atoms with Gasteiger partial charge in [-0.3, -0.25) is 4.79 Å². The summed E-state index contributed by atoms with van der Waals surface area (Å²) in [4.78, 5) is 12.2. The van der Waals surface area contributed by atoms with Crippen molar-refractivity contribution in [2.75, 3.05) is 0 Å². The predicted octanol–water partition coefficient (Wildman–Crippen LogP) is 2.48. The molecule has 1 aromatic carbocycles. The third-order valence-corrected chi connectivity index (χ3v) is 3.07. The number of nitrogens with two attached hydrogens (primary N) is 1. The molecule has 106 valence electrons. The summed E-state index contributed by atoms with van der Waals surface area (Å²) >= 11 is 0. The van der Waals surface area contributed by atoms with E-state index in [1.807, 2.05) is 6.92 Å². The maximum Gasteiger partial charge on any atom is 0.271 e. The summed E-state index contributed by atoms with van der Waals surface area (Å²) in [6, 6.07) is 7.35. The lowest BCUT2D eigenvalue weighted by atomic mass is 10.1. The third kappa shape index (κ3) is 2.93. The molecule has 1 heterocycles. The van der Waals surface area contributed by atoms with Crippen LogP contribution in [0.1, 0.15) is 31.9 Å². The number of halogens is 1. The van der Waals surface area contributed by atoms with Crippen LogP contribution in [0.2, 0.25) is 0 Å². The molecule has 1 unspecified atom stereocenters. The number of benzene rings is 1. The molecule has 0 fully saturated rings. The standard InChI is InChI=1S/C15H18FN3O/c1-3-8-19-15(20)13(10(2)17)9-14(18-19)11-4-6-12(16)7-5-11/h4-7,9-10H,3,8,17H2,1-2H3. The fraction of sp³-hybridized carbons (Fsp3) is 0.333.